The third-order valence-electron chi connectivity index (χ3n) is 3.01. The van der Waals surface area contributed by atoms with Gasteiger partial charge in [-0.1, -0.05) is 18.2 Å². The molecule has 0 saturated heterocycles. The van der Waals surface area contributed by atoms with Crippen molar-refractivity contribution in [2.45, 2.75) is 6.92 Å². The number of anilines is 2. The van der Waals surface area contributed by atoms with E-state index in [1.807, 2.05) is 6.92 Å². The number of hydrogen-bond acceptors (Lipinski definition) is 4. The molecule has 2 aromatic carbocycles. The molecule has 0 radical (unpaired) electrons. The fourth-order valence-electron chi connectivity index (χ4n) is 1.97. The van der Waals surface area contributed by atoms with Gasteiger partial charge in [0.25, 0.3) is 0 Å². The molecule has 0 unspecified atom stereocenters. The average molecular weight is 285 g/mol. The van der Waals surface area contributed by atoms with Gasteiger partial charge in [0.1, 0.15) is 0 Å². The first-order chi connectivity index (χ1) is 10.0. The van der Waals surface area contributed by atoms with E-state index in [1.165, 1.54) is 13.2 Å². The molecule has 0 bridgehead atoms. The molecule has 2 N–H and O–H groups in total. The van der Waals surface area contributed by atoms with E-state index in [1.54, 1.807) is 36.4 Å². The zero-order valence-electron chi connectivity index (χ0n) is 11.7. The van der Waals surface area contributed by atoms with Crippen LogP contribution in [0.25, 0.3) is 0 Å². The Morgan fingerprint density at radius 2 is 1.76 bits per heavy atom. The van der Waals surface area contributed by atoms with Crippen molar-refractivity contribution < 1.29 is 19.4 Å². The second kappa shape index (κ2) is 6.09. The first-order valence-electron chi connectivity index (χ1n) is 6.31. The highest BCUT2D eigenvalue weighted by Crippen LogP contribution is 2.25. The van der Waals surface area contributed by atoms with Crippen LogP contribution in [-0.4, -0.2) is 24.2 Å². The van der Waals surface area contributed by atoms with E-state index in [4.69, 9.17) is 4.74 Å². The Labute approximate surface area is 122 Å². The van der Waals surface area contributed by atoms with Crippen molar-refractivity contribution >= 4 is 23.3 Å². The summed E-state index contributed by atoms with van der Waals surface area (Å²) in [5, 5.41) is 12.2. The van der Waals surface area contributed by atoms with E-state index in [-0.39, 0.29) is 5.56 Å². The van der Waals surface area contributed by atoms with Crippen molar-refractivity contribution in [2.24, 2.45) is 0 Å². The van der Waals surface area contributed by atoms with Crippen LogP contribution in [-0.2, 0) is 4.74 Å². The first-order valence-corrected chi connectivity index (χ1v) is 6.31. The minimum atomic E-state index is -1.03. The van der Waals surface area contributed by atoms with Gasteiger partial charge in [0, 0.05) is 0 Å². The predicted molar refractivity (Wildman–Crippen MR) is 79.2 cm³/mol. The zero-order valence-corrected chi connectivity index (χ0v) is 11.7. The fraction of sp³-hybridized carbons (Fsp3) is 0.125. The van der Waals surface area contributed by atoms with Crippen molar-refractivity contribution in [3.8, 4) is 0 Å². The minimum Gasteiger partial charge on any atom is -0.478 e. The molecule has 0 spiro atoms. The van der Waals surface area contributed by atoms with Crippen LogP contribution >= 0.6 is 0 Å². The van der Waals surface area contributed by atoms with Gasteiger partial charge in [-0.15, -0.1) is 0 Å². The lowest BCUT2D eigenvalue weighted by Crippen LogP contribution is -2.08. The number of carbonyl (C=O) groups is 2. The summed E-state index contributed by atoms with van der Waals surface area (Å²) in [6, 6.07) is 11.8. The van der Waals surface area contributed by atoms with Crippen LogP contribution in [0.3, 0.4) is 0 Å². The van der Waals surface area contributed by atoms with E-state index >= 15 is 0 Å². The Bertz CT molecular complexity index is 694. The molecule has 2 rings (SSSR count). The van der Waals surface area contributed by atoms with E-state index in [0.29, 0.717) is 16.9 Å². The van der Waals surface area contributed by atoms with Crippen LogP contribution in [0.1, 0.15) is 26.3 Å². The van der Waals surface area contributed by atoms with Crippen LogP contribution in [0.2, 0.25) is 0 Å². The number of carboxylic acid groups (broad SMARTS) is 1. The lowest BCUT2D eigenvalue weighted by molar-refractivity contribution is 0.0601. The van der Waals surface area contributed by atoms with Crippen LogP contribution in [0.15, 0.2) is 42.5 Å². The molecule has 108 valence electrons. The Kier molecular flexibility index (Phi) is 4.23. The standard InChI is InChI=1S/C16H15NO4/c1-10-7-8-11(15(18)19)14(9-10)17-13-6-4-3-5-12(13)16(20)21-2/h3-9,17H,1-2H3,(H,18,19). The van der Waals surface area contributed by atoms with Gasteiger partial charge in [-0.05, 0) is 36.8 Å². The average Bonchev–Trinajstić information content (AvgIpc) is 2.47. The molecule has 0 aliphatic rings. The molecule has 5 nitrogen and oxygen atoms in total. The van der Waals surface area contributed by atoms with Crippen molar-refractivity contribution in [1.29, 1.82) is 0 Å². The highest BCUT2D eigenvalue weighted by Gasteiger charge is 2.14. The molecule has 0 aliphatic heterocycles. The smallest absolute Gasteiger partial charge is 0.339 e. The number of esters is 1. The molecule has 0 amide bonds. The molecule has 5 heteroatoms. The third kappa shape index (κ3) is 3.20. The van der Waals surface area contributed by atoms with E-state index in [2.05, 4.69) is 5.32 Å². The Morgan fingerprint density at radius 3 is 2.43 bits per heavy atom. The molecule has 21 heavy (non-hydrogen) atoms. The van der Waals surface area contributed by atoms with Gasteiger partial charge in [-0.25, -0.2) is 9.59 Å². The summed E-state index contributed by atoms with van der Waals surface area (Å²) in [4.78, 5) is 23.0. The lowest BCUT2D eigenvalue weighted by atomic mass is 10.1. The van der Waals surface area contributed by atoms with Gasteiger partial charge in [-0.2, -0.15) is 0 Å². The number of aryl methyl sites for hydroxylation is 1. The van der Waals surface area contributed by atoms with Gasteiger partial charge in [-0.3, -0.25) is 0 Å². The molecular weight excluding hydrogens is 270 g/mol. The van der Waals surface area contributed by atoms with Gasteiger partial charge >= 0.3 is 11.9 Å². The Hall–Kier alpha value is -2.82. The number of para-hydroxylation sites is 1. The quantitative estimate of drug-likeness (QED) is 0.843. The van der Waals surface area contributed by atoms with Gasteiger partial charge in [0.05, 0.1) is 29.6 Å². The van der Waals surface area contributed by atoms with E-state index in [0.717, 1.165) is 5.56 Å². The lowest BCUT2D eigenvalue weighted by Gasteiger charge is -2.13. The number of hydrogen-bond donors (Lipinski definition) is 2. The van der Waals surface area contributed by atoms with Crippen LogP contribution in [0.4, 0.5) is 11.4 Å². The molecule has 0 aliphatic carbocycles. The molecule has 0 saturated carbocycles. The SMILES string of the molecule is COC(=O)c1ccccc1Nc1cc(C)ccc1C(=O)O. The number of carboxylic acids is 1. The van der Waals surface area contributed by atoms with Crippen molar-refractivity contribution in [2.75, 3.05) is 12.4 Å². The molecule has 2 aromatic rings. The summed E-state index contributed by atoms with van der Waals surface area (Å²) in [5.74, 6) is -1.52. The van der Waals surface area contributed by atoms with Crippen molar-refractivity contribution in [1.82, 2.24) is 0 Å². The summed E-state index contributed by atoms with van der Waals surface area (Å²) in [7, 11) is 1.30. The van der Waals surface area contributed by atoms with Gasteiger partial charge in [0.15, 0.2) is 0 Å². The highest BCUT2D eigenvalue weighted by atomic mass is 16.5. The van der Waals surface area contributed by atoms with Crippen LogP contribution in [0.5, 0.6) is 0 Å². The summed E-state index contributed by atoms with van der Waals surface area (Å²) in [6.45, 7) is 1.86. The number of nitrogens with one attached hydrogen (secondary N) is 1. The van der Waals surface area contributed by atoms with E-state index < -0.39 is 11.9 Å². The Morgan fingerprint density at radius 1 is 1.05 bits per heavy atom. The Balaban J connectivity index is 2.46. The maximum Gasteiger partial charge on any atom is 0.339 e. The number of methoxy groups -OCH3 is 1. The molecule has 0 aromatic heterocycles. The van der Waals surface area contributed by atoms with Crippen LogP contribution in [0, 0.1) is 6.92 Å². The number of benzene rings is 2. The summed E-state index contributed by atoms with van der Waals surface area (Å²) < 4.78 is 4.72. The first kappa shape index (κ1) is 14.6. The maximum absolute atomic E-state index is 11.7. The number of ether oxygens (including phenoxy) is 1. The van der Waals surface area contributed by atoms with Gasteiger partial charge < -0.3 is 15.2 Å². The second-order valence-corrected chi connectivity index (χ2v) is 4.52. The summed E-state index contributed by atoms with van der Waals surface area (Å²) >= 11 is 0. The molecule has 0 fully saturated rings. The summed E-state index contributed by atoms with van der Waals surface area (Å²) in [6.07, 6.45) is 0. The largest absolute Gasteiger partial charge is 0.478 e. The number of carbonyl (C=O) groups excluding carboxylic acids is 1. The third-order valence-corrected chi connectivity index (χ3v) is 3.01. The monoisotopic (exact) mass is 285 g/mol. The minimum absolute atomic E-state index is 0.139. The van der Waals surface area contributed by atoms with Crippen LogP contribution < -0.4 is 5.32 Å². The summed E-state index contributed by atoms with van der Waals surface area (Å²) in [5.41, 5.74) is 2.33. The topological polar surface area (TPSA) is 75.6 Å². The molecule has 0 heterocycles. The van der Waals surface area contributed by atoms with Crippen molar-refractivity contribution in [3.63, 3.8) is 0 Å². The van der Waals surface area contributed by atoms with Gasteiger partial charge in [0.2, 0.25) is 0 Å². The van der Waals surface area contributed by atoms with E-state index in [9.17, 15) is 14.7 Å². The second-order valence-electron chi connectivity index (χ2n) is 4.52. The fourth-order valence-corrected chi connectivity index (χ4v) is 1.97. The van der Waals surface area contributed by atoms with Crippen molar-refractivity contribution in [3.05, 3.63) is 59.2 Å². The predicted octanol–water partition coefficient (Wildman–Crippen LogP) is 3.22. The molecular formula is C16H15NO4. The molecule has 0 atom stereocenters. The number of aromatic carboxylic acids is 1. The maximum atomic E-state index is 11.7. The normalized spacial score (nSPS) is 10.0. The number of rotatable bonds is 4. The highest BCUT2D eigenvalue weighted by molar-refractivity contribution is 5.99. The zero-order chi connectivity index (χ0) is 15.4.